The summed E-state index contributed by atoms with van der Waals surface area (Å²) < 4.78 is 19.2. The van der Waals surface area contributed by atoms with E-state index in [4.69, 9.17) is 9.84 Å². The first kappa shape index (κ1) is 15.2. The molecule has 5 nitrogen and oxygen atoms in total. The van der Waals surface area contributed by atoms with Crippen molar-refractivity contribution in [2.45, 2.75) is 12.6 Å². The fraction of sp³-hybridized carbons (Fsp3) is 0.462. The molecule has 0 aromatic heterocycles. The van der Waals surface area contributed by atoms with Crippen LogP contribution in [0, 0.1) is 5.82 Å². The van der Waals surface area contributed by atoms with Gasteiger partial charge in [0.15, 0.2) is 0 Å². The van der Waals surface area contributed by atoms with Crippen LogP contribution in [0.3, 0.4) is 0 Å². The van der Waals surface area contributed by atoms with Gasteiger partial charge >= 0.3 is 6.03 Å². The summed E-state index contributed by atoms with van der Waals surface area (Å²) >= 11 is 3.31. The fourth-order valence-corrected chi connectivity index (χ4v) is 2.36. The van der Waals surface area contributed by atoms with E-state index in [-0.39, 0.29) is 31.1 Å². The van der Waals surface area contributed by atoms with Crippen LogP contribution in [0.1, 0.15) is 5.56 Å². The van der Waals surface area contributed by atoms with Crippen molar-refractivity contribution in [2.24, 2.45) is 0 Å². The molecule has 1 saturated heterocycles. The Labute approximate surface area is 124 Å². The summed E-state index contributed by atoms with van der Waals surface area (Å²) in [7, 11) is 0. The summed E-state index contributed by atoms with van der Waals surface area (Å²) in [4.78, 5) is 13.6. The molecule has 1 fully saturated rings. The van der Waals surface area contributed by atoms with E-state index in [9.17, 15) is 9.18 Å². The largest absolute Gasteiger partial charge is 0.394 e. The first-order valence-electron chi connectivity index (χ1n) is 6.29. The van der Waals surface area contributed by atoms with Crippen LogP contribution in [0.4, 0.5) is 9.18 Å². The van der Waals surface area contributed by atoms with Gasteiger partial charge in [-0.25, -0.2) is 9.18 Å². The van der Waals surface area contributed by atoms with Gasteiger partial charge in [-0.05, 0) is 23.8 Å². The van der Waals surface area contributed by atoms with E-state index >= 15 is 0 Å². The van der Waals surface area contributed by atoms with E-state index < -0.39 is 0 Å². The molecule has 1 atom stereocenters. The summed E-state index contributed by atoms with van der Waals surface area (Å²) in [5.74, 6) is -0.343. The molecule has 1 aromatic carbocycles. The number of halogens is 2. The SMILES string of the molecule is O=C(NCc1cc(F)ccc1Br)N1CCO[C@H](CO)C1. The minimum absolute atomic E-state index is 0.112. The first-order chi connectivity index (χ1) is 9.60. The maximum absolute atomic E-state index is 13.1. The van der Waals surface area contributed by atoms with Gasteiger partial charge in [-0.3, -0.25) is 0 Å². The molecule has 7 heteroatoms. The summed E-state index contributed by atoms with van der Waals surface area (Å²) in [6, 6.07) is 4.08. The summed E-state index contributed by atoms with van der Waals surface area (Å²) in [6.07, 6.45) is -0.338. The van der Waals surface area contributed by atoms with E-state index in [1.54, 1.807) is 11.0 Å². The van der Waals surface area contributed by atoms with Crippen molar-refractivity contribution in [1.29, 1.82) is 0 Å². The number of hydrogen-bond acceptors (Lipinski definition) is 3. The fourth-order valence-electron chi connectivity index (χ4n) is 1.98. The number of aliphatic hydroxyl groups excluding tert-OH is 1. The predicted octanol–water partition coefficient (Wildman–Crippen LogP) is 1.49. The Morgan fingerprint density at radius 1 is 1.60 bits per heavy atom. The number of rotatable bonds is 3. The van der Waals surface area contributed by atoms with Gasteiger partial charge in [0, 0.05) is 17.6 Å². The van der Waals surface area contributed by atoms with Crippen molar-refractivity contribution in [2.75, 3.05) is 26.3 Å². The van der Waals surface area contributed by atoms with Crippen molar-refractivity contribution < 1.29 is 19.0 Å². The Bertz CT molecular complexity index is 487. The van der Waals surface area contributed by atoms with Crippen LogP contribution in [0.2, 0.25) is 0 Å². The lowest BCUT2D eigenvalue weighted by Crippen LogP contribution is -2.50. The van der Waals surface area contributed by atoms with Crippen molar-refractivity contribution in [1.82, 2.24) is 10.2 Å². The second-order valence-corrected chi connectivity index (χ2v) is 5.37. The first-order valence-corrected chi connectivity index (χ1v) is 7.08. The molecule has 2 rings (SSSR count). The number of nitrogens with one attached hydrogen (secondary N) is 1. The summed E-state index contributed by atoms with van der Waals surface area (Å²) in [6.45, 7) is 1.36. The molecule has 0 bridgehead atoms. The van der Waals surface area contributed by atoms with Crippen molar-refractivity contribution in [3.63, 3.8) is 0 Å². The van der Waals surface area contributed by atoms with Crippen LogP contribution in [-0.4, -0.2) is 48.4 Å². The summed E-state index contributed by atoms with van der Waals surface area (Å²) in [5, 5.41) is 11.8. The van der Waals surface area contributed by atoms with Crippen LogP contribution < -0.4 is 5.32 Å². The monoisotopic (exact) mass is 346 g/mol. The van der Waals surface area contributed by atoms with Gasteiger partial charge < -0.3 is 20.1 Å². The van der Waals surface area contributed by atoms with Crippen molar-refractivity contribution >= 4 is 22.0 Å². The van der Waals surface area contributed by atoms with Crippen LogP contribution >= 0.6 is 15.9 Å². The second kappa shape index (κ2) is 7.01. The number of amides is 2. The van der Waals surface area contributed by atoms with E-state index in [1.807, 2.05) is 0 Å². The zero-order valence-corrected chi connectivity index (χ0v) is 12.4. The molecular weight excluding hydrogens is 331 g/mol. The molecule has 0 unspecified atom stereocenters. The number of urea groups is 1. The highest BCUT2D eigenvalue weighted by atomic mass is 79.9. The predicted molar refractivity (Wildman–Crippen MR) is 74.7 cm³/mol. The molecule has 20 heavy (non-hydrogen) atoms. The highest BCUT2D eigenvalue weighted by molar-refractivity contribution is 9.10. The van der Waals surface area contributed by atoms with Gasteiger partial charge in [-0.1, -0.05) is 15.9 Å². The number of nitrogens with zero attached hydrogens (tertiary/aromatic N) is 1. The number of ether oxygens (including phenoxy) is 1. The Balaban J connectivity index is 1.90. The van der Waals surface area contributed by atoms with Gasteiger partial charge in [0.2, 0.25) is 0 Å². The molecule has 2 N–H and O–H groups in total. The quantitative estimate of drug-likeness (QED) is 0.871. The van der Waals surface area contributed by atoms with E-state index in [0.29, 0.717) is 25.3 Å². The molecule has 1 heterocycles. The molecular formula is C13H16BrFN2O3. The Morgan fingerprint density at radius 2 is 2.40 bits per heavy atom. The number of morpholine rings is 1. The van der Waals surface area contributed by atoms with Gasteiger partial charge in [0.1, 0.15) is 5.82 Å². The van der Waals surface area contributed by atoms with Crippen LogP contribution in [0.15, 0.2) is 22.7 Å². The molecule has 0 radical (unpaired) electrons. The Kier molecular flexibility index (Phi) is 5.33. The zero-order chi connectivity index (χ0) is 14.5. The molecule has 1 aliphatic heterocycles. The molecule has 1 aromatic rings. The minimum atomic E-state index is -0.343. The maximum atomic E-state index is 13.1. The molecule has 110 valence electrons. The highest BCUT2D eigenvalue weighted by Crippen LogP contribution is 2.17. The topological polar surface area (TPSA) is 61.8 Å². The van der Waals surface area contributed by atoms with E-state index in [0.717, 1.165) is 4.47 Å². The van der Waals surface area contributed by atoms with Crippen LogP contribution in [0.5, 0.6) is 0 Å². The highest BCUT2D eigenvalue weighted by Gasteiger charge is 2.23. The number of benzene rings is 1. The lowest BCUT2D eigenvalue weighted by atomic mass is 10.2. The summed E-state index contributed by atoms with van der Waals surface area (Å²) in [5.41, 5.74) is 0.672. The van der Waals surface area contributed by atoms with Crippen LogP contribution in [0.25, 0.3) is 0 Å². The van der Waals surface area contributed by atoms with Crippen molar-refractivity contribution in [3.8, 4) is 0 Å². The zero-order valence-electron chi connectivity index (χ0n) is 10.8. The Morgan fingerprint density at radius 3 is 3.15 bits per heavy atom. The lowest BCUT2D eigenvalue weighted by Gasteiger charge is -2.32. The standard InChI is InChI=1S/C13H16BrFN2O3/c14-12-2-1-10(15)5-9(12)6-16-13(19)17-3-4-20-11(7-17)8-18/h1-2,5,11,18H,3-4,6-8H2,(H,16,19)/t11-/m0/s1. The molecule has 1 aliphatic rings. The average Bonchev–Trinajstić information content (AvgIpc) is 2.48. The number of carbonyl (C=O) groups is 1. The smallest absolute Gasteiger partial charge is 0.317 e. The van der Waals surface area contributed by atoms with Gasteiger partial charge in [0.05, 0.1) is 25.9 Å². The third kappa shape index (κ3) is 3.91. The average molecular weight is 347 g/mol. The number of carbonyl (C=O) groups excluding carboxylic acids is 1. The lowest BCUT2D eigenvalue weighted by molar-refractivity contribution is -0.0403. The molecule has 0 saturated carbocycles. The van der Waals surface area contributed by atoms with Crippen molar-refractivity contribution in [3.05, 3.63) is 34.1 Å². The molecule has 0 spiro atoms. The number of aliphatic hydroxyl groups is 1. The normalized spacial score (nSPS) is 18.9. The maximum Gasteiger partial charge on any atom is 0.317 e. The van der Waals surface area contributed by atoms with E-state index in [2.05, 4.69) is 21.2 Å². The van der Waals surface area contributed by atoms with E-state index in [1.165, 1.54) is 12.1 Å². The third-order valence-electron chi connectivity index (χ3n) is 3.07. The van der Waals surface area contributed by atoms with Gasteiger partial charge in [-0.2, -0.15) is 0 Å². The minimum Gasteiger partial charge on any atom is -0.394 e. The molecule has 2 amide bonds. The Hall–Kier alpha value is -1.18. The van der Waals surface area contributed by atoms with Gasteiger partial charge in [0.25, 0.3) is 0 Å². The second-order valence-electron chi connectivity index (χ2n) is 4.52. The van der Waals surface area contributed by atoms with Gasteiger partial charge in [-0.15, -0.1) is 0 Å². The van der Waals surface area contributed by atoms with Crippen LogP contribution in [-0.2, 0) is 11.3 Å². The third-order valence-corrected chi connectivity index (χ3v) is 3.84. The molecule has 0 aliphatic carbocycles. The number of hydrogen-bond donors (Lipinski definition) is 2.